The third-order valence-corrected chi connectivity index (χ3v) is 9.16. The molecule has 0 aliphatic heterocycles. The van der Waals surface area contributed by atoms with E-state index in [1.54, 1.807) is 0 Å². The van der Waals surface area contributed by atoms with Crippen LogP contribution in [0.15, 0.2) is 23.0 Å². The van der Waals surface area contributed by atoms with Crippen LogP contribution in [0.1, 0.15) is 222 Å². The molecule has 7 heteroatoms. The number of unbranched alkanes of at least 4 members (excludes halogenated alkanes) is 16. The lowest BCUT2D eigenvalue weighted by molar-refractivity contribution is -0.243. The van der Waals surface area contributed by atoms with Crippen molar-refractivity contribution >= 4 is 0 Å². The normalized spacial score (nSPS) is 13.7. The average molecular weight is 755 g/mol. The third-order valence-electron chi connectivity index (χ3n) is 9.16. The molecule has 0 amide bonds. The molecule has 0 aromatic rings. The topological polar surface area (TPSA) is 64.6 Å². The zero-order valence-corrected chi connectivity index (χ0v) is 36.6. The summed E-state index contributed by atoms with van der Waals surface area (Å²) in [6.07, 6.45) is 27.1. The summed E-state index contributed by atoms with van der Waals surface area (Å²) in [4.78, 5) is 0. The Morgan fingerprint density at radius 1 is 0.302 bits per heavy atom. The van der Waals surface area contributed by atoms with Gasteiger partial charge in [0.1, 0.15) is 11.5 Å². The number of allylic oxidation sites excluding steroid dienone is 2. The van der Waals surface area contributed by atoms with E-state index >= 15 is 0 Å². The van der Waals surface area contributed by atoms with E-state index in [1.807, 2.05) is 0 Å². The number of rotatable bonds is 42. The largest absolute Gasteiger partial charge is 0.494 e. The van der Waals surface area contributed by atoms with Gasteiger partial charge in [-0.3, -0.25) is 0 Å². The van der Waals surface area contributed by atoms with E-state index in [-0.39, 0.29) is 0 Å². The second-order valence-electron chi connectivity index (χ2n) is 14.7. The first kappa shape index (κ1) is 51.6. The molecule has 0 aromatic carbocycles. The number of hydrogen-bond donors (Lipinski definition) is 0. The van der Waals surface area contributed by atoms with E-state index in [4.69, 9.17) is 33.2 Å². The first-order valence-corrected chi connectivity index (χ1v) is 22.9. The minimum atomic E-state index is -0.794. The van der Waals surface area contributed by atoms with Crippen molar-refractivity contribution in [2.45, 2.75) is 235 Å². The van der Waals surface area contributed by atoms with Crippen LogP contribution in [0.25, 0.3) is 0 Å². The molecule has 2 unspecified atom stereocenters. The van der Waals surface area contributed by atoms with Gasteiger partial charge in [-0.15, -0.1) is 0 Å². The summed E-state index contributed by atoms with van der Waals surface area (Å²) >= 11 is 0. The average Bonchev–Trinajstić information content (AvgIpc) is 3.17. The Hall–Kier alpha value is -1.44. The van der Waals surface area contributed by atoms with Gasteiger partial charge in [0, 0.05) is 12.8 Å². The van der Waals surface area contributed by atoms with Crippen molar-refractivity contribution < 1.29 is 33.2 Å². The Morgan fingerprint density at radius 3 is 0.943 bits per heavy atom. The molecule has 0 rings (SSSR count). The summed E-state index contributed by atoms with van der Waals surface area (Å²) in [7, 11) is 0. The summed E-state index contributed by atoms with van der Waals surface area (Å²) in [5.41, 5.74) is 0. The van der Waals surface area contributed by atoms with Crippen molar-refractivity contribution in [2.75, 3.05) is 39.6 Å². The molecular weight excluding hydrogens is 664 g/mol. The molecule has 0 N–H and O–H groups in total. The molecule has 0 bridgehead atoms. The fourth-order valence-electron chi connectivity index (χ4n) is 6.00. The predicted octanol–water partition coefficient (Wildman–Crippen LogP) is 14.5. The van der Waals surface area contributed by atoms with Crippen molar-refractivity contribution in [3.63, 3.8) is 0 Å². The molecule has 0 aliphatic carbocycles. The molecule has 2 atom stereocenters. The molecule has 0 heterocycles. The van der Waals surface area contributed by atoms with Crippen molar-refractivity contribution in [3.8, 4) is 0 Å². The minimum Gasteiger partial charge on any atom is -0.494 e. The van der Waals surface area contributed by atoms with Gasteiger partial charge in [0.05, 0.1) is 39.6 Å². The SMILES string of the molecule is CCCCCCCCCOC(OC(OCCCCCCCCC)C(OCCC)=C(CCCCC)OCCC)C(OCCC)=C(CCCCC)OCCC. The standard InChI is InChI=1S/C46H90O7/c1-9-17-21-23-25-27-31-39-51-45(43(49-37-15-7)41(47-35-13-5)33-29-19-11-3)53-46(52-40-32-28-26-24-22-18-10-2)44(50-38-16-8)42(48-36-14-6)34-30-20-12-4/h45-46H,9-40H2,1-8H3. The molecule has 7 nitrogen and oxygen atoms in total. The van der Waals surface area contributed by atoms with Gasteiger partial charge in [-0.2, -0.15) is 0 Å². The monoisotopic (exact) mass is 755 g/mol. The number of ether oxygens (including phenoxy) is 7. The summed E-state index contributed by atoms with van der Waals surface area (Å²) in [5, 5.41) is 0. The van der Waals surface area contributed by atoms with Crippen LogP contribution in [0.3, 0.4) is 0 Å². The molecule has 0 spiro atoms. The van der Waals surface area contributed by atoms with Gasteiger partial charge in [0.2, 0.25) is 12.6 Å². The summed E-state index contributed by atoms with van der Waals surface area (Å²) in [6, 6.07) is 0. The summed E-state index contributed by atoms with van der Waals surface area (Å²) in [6.45, 7) is 21.1. The summed E-state index contributed by atoms with van der Waals surface area (Å²) < 4.78 is 46.6. The smallest absolute Gasteiger partial charge is 0.223 e. The van der Waals surface area contributed by atoms with E-state index in [0.29, 0.717) is 51.2 Å². The van der Waals surface area contributed by atoms with E-state index in [2.05, 4.69) is 55.4 Å². The van der Waals surface area contributed by atoms with E-state index in [1.165, 1.54) is 64.2 Å². The lowest BCUT2D eigenvalue weighted by Crippen LogP contribution is -2.34. The molecule has 0 saturated carbocycles. The van der Waals surface area contributed by atoms with Crippen LogP contribution in [-0.4, -0.2) is 52.2 Å². The zero-order valence-electron chi connectivity index (χ0n) is 36.6. The van der Waals surface area contributed by atoms with Crippen LogP contribution in [0.2, 0.25) is 0 Å². The molecule has 0 aromatic heterocycles. The van der Waals surface area contributed by atoms with Crippen molar-refractivity contribution in [1.82, 2.24) is 0 Å². The Kier molecular flexibility index (Phi) is 39.1. The Bertz CT molecular complexity index is 761. The van der Waals surface area contributed by atoms with Gasteiger partial charge in [-0.1, -0.05) is 158 Å². The van der Waals surface area contributed by atoms with Crippen molar-refractivity contribution in [1.29, 1.82) is 0 Å². The zero-order chi connectivity index (χ0) is 39.0. The highest BCUT2D eigenvalue weighted by atomic mass is 16.8. The quantitative estimate of drug-likeness (QED) is 0.0349. The third kappa shape index (κ3) is 28.6. The van der Waals surface area contributed by atoms with Crippen LogP contribution in [-0.2, 0) is 33.2 Å². The number of hydrogen-bond acceptors (Lipinski definition) is 7. The molecule has 0 saturated heterocycles. The van der Waals surface area contributed by atoms with Crippen molar-refractivity contribution in [3.05, 3.63) is 23.0 Å². The van der Waals surface area contributed by atoms with Crippen LogP contribution >= 0.6 is 0 Å². The highest BCUT2D eigenvalue weighted by Crippen LogP contribution is 2.29. The Balaban J connectivity index is 6.87. The van der Waals surface area contributed by atoms with Crippen LogP contribution < -0.4 is 0 Å². The van der Waals surface area contributed by atoms with E-state index in [9.17, 15) is 0 Å². The summed E-state index contributed by atoms with van der Waals surface area (Å²) in [5.74, 6) is 2.99. The van der Waals surface area contributed by atoms with Crippen LogP contribution in [0.4, 0.5) is 0 Å². The van der Waals surface area contributed by atoms with Gasteiger partial charge in [0.15, 0.2) is 11.5 Å². The second kappa shape index (κ2) is 40.2. The van der Waals surface area contributed by atoms with Crippen LogP contribution in [0.5, 0.6) is 0 Å². The lowest BCUT2D eigenvalue weighted by atomic mass is 10.1. The minimum absolute atomic E-state index is 0.559. The van der Waals surface area contributed by atoms with Gasteiger partial charge in [-0.05, 0) is 51.4 Å². The molecular formula is C46H90O7. The maximum absolute atomic E-state index is 7.05. The first-order valence-electron chi connectivity index (χ1n) is 22.9. The van der Waals surface area contributed by atoms with Gasteiger partial charge in [0.25, 0.3) is 0 Å². The molecule has 0 radical (unpaired) electrons. The molecule has 0 fully saturated rings. The lowest BCUT2D eigenvalue weighted by Gasteiger charge is -2.30. The maximum atomic E-state index is 7.05. The molecule has 53 heavy (non-hydrogen) atoms. The Labute approximate surface area is 330 Å². The fraction of sp³-hybridized carbons (Fsp3) is 0.913. The van der Waals surface area contributed by atoms with Gasteiger partial charge >= 0.3 is 0 Å². The molecule has 316 valence electrons. The molecule has 0 aliphatic rings. The van der Waals surface area contributed by atoms with Gasteiger partial charge in [-0.25, -0.2) is 0 Å². The highest BCUT2D eigenvalue weighted by Gasteiger charge is 2.32. The Morgan fingerprint density at radius 2 is 0.604 bits per heavy atom. The fourth-order valence-corrected chi connectivity index (χ4v) is 6.00. The maximum Gasteiger partial charge on any atom is 0.223 e. The predicted molar refractivity (Wildman–Crippen MR) is 224 cm³/mol. The van der Waals surface area contributed by atoms with Crippen molar-refractivity contribution in [2.24, 2.45) is 0 Å². The van der Waals surface area contributed by atoms with Crippen LogP contribution in [0, 0.1) is 0 Å². The van der Waals surface area contributed by atoms with Gasteiger partial charge < -0.3 is 33.2 Å². The van der Waals surface area contributed by atoms with E-state index in [0.717, 1.165) is 114 Å². The second-order valence-corrected chi connectivity index (χ2v) is 14.7. The van der Waals surface area contributed by atoms with E-state index < -0.39 is 12.6 Å². The highest BCUT2D eigenvalue weighted by molar-refractivity contribution is 5.09. The first-order chi connectivity index (χ1) is 26.1.